The molecule has 0 amide bonds. The fourth-order valence-electron chi connectivity index (χ4n) is 8.96. The molecule has 4 bridgehead atoms. The third-order valence-corrected chi connectivity index (χ3v) is 11.2. The Bertz CT molecular complexity index is 1740. The lowest BCUT2D eigenvalue weighted by Crippen LogP contribution is -2.89. The fourth-order valence-corrected chi connectivity index (χ4v) is 8.96. The number of aliphatic hydroxyl groups excluding tert-OH is 1. The van der Waals surface area contributed by atoms with Crippen LogP contribution in [-0.2, 0) is 66.7 Å². The first-order chi connectivity index (χ1) is 25.1. The van der Waals surface area contributed by atoms with Gasteiger partial charge in [0.2, 0.25) is 0 Å². The van der Waals surface area contributed by atoms with Gasteiger partial charge in [-0.3, -0.25) is 33.8 Å². The first-order valence-electron chi connectivity index (χ1n) is 17.3. The van der Waals surface area contributed by atoms with Crippen molar-refractivity contribution in [3.63, 3.8) is 0 Å². The van der Waals surface area contributed by atoms with E-state index in [2.05, 4.69) is 4.98 Å². The lowest BCUT2D eigenvalue weighted by atomic mass is 9.45. The zero-order valence-corrected chi connectivity index (χ0v) is 31.3. The topological polar surface area (TPSA) is 247 Å². The van der Waals surface area contributed by atoms with Gasteiger partial charge in [0, 0.05) is 46.7 Å². The summed E-state index contributed by atoms with van der Waals surface area (Å²) in [4.78, 5) is 97.0. The fraction of sp³-hybridized carbons (Fsp3) is 0.667. The number of pyridine rings is 1. The zero-order valence-electron chi connectivity index (χ0n) is 31.3. The predicted octanol–water partition coefficient (Wildman–Crippen LogP) is 0.463. The molecule has 54 heavy (non-hydrogen) atoms. The van der Waals surface area contributed by atoms with Crippen molar-refractivity contribution < 1.29 is 81.7 Å². The summed E-state index contributed by atoms with van der Waals surface area (Å²) in [6, 6.07) is 2.91. The summed E-state index contributed by atoms with van der Waals surface area (Å²) in [5, 5.41) is 25.4. The maximum atomic E-state index is 14.1. The number of fused-ring (bicyclic) bond motifs is 5. The summed E-state index contributed by atoms with van der Waals surface area (Å²) in [5.41, 5.74) is -9.90. The van der Waals surface area contributed by atoms with E-state index in [0.29, 0.717) is 0 Å². The molecule has 1 aromatic heterocycles. The van der Waals surface area contributed by atoms with Gasteiger partial charge in [0.1, 0.15) is 54.2 Å². The van der Waals surface area contributed by atoms with Crippen molar-refractivity contribution in [3.8, 4) is 0 Å². The van der Waals surface area contributed by atoms with E-state index in [1.54, 1.807) is 6.92 Å². The molecule has 18 nitrogen and oxygen atoms in total. The molecular weight excluding hydrogens is 718 g/mol. The molecule has 1 saturated heterocycles. The van der Waals surface area contributed by atoms with Crippen molar-refractivity contribution in [2.24, 2.45) is 17.3 Å². The molecule has 2 N–H and O–H groups in total. The number of esters is 7. The van der Waals surface area contributed by atoms with E-state index < -0.39 is 132 Å². The minimum Gasteiger partial charge on any atom is -0.465 e. The van der Waals surface area contributed by atoms with Crippen molar-refractivity contribution in [1.29, 1.82) is 0 Å². The number of aromatic nitrogens is 1. The van der Waals surface area contributed by atoms with Crippen molar-refractivity contribution >= 4 is 41.8 Å². The molecule has 13 atom stereocenters. The second kappa shape index (κ2) is 14.2. The zero-order chi connectivity index (χ0) is 40.3. The molecule has 2 saturated carbocycles. The van der Waals surface area contributed by atoms with Crippen LogP contribution in [0.1, 0.15) is 84.3 Å². The number of carbonyl (C=O) groups excluding carboxylic acids is 7. The number of cyclic esters (lactones) is 1. The molecule has 4 aliphatic rings. The van der Waals surface area contributed by atoms with Gasteiger partial charge < -0.3 is 48.1 Å². The summed E-state index contributed by atoms with van der Waals surface area (Å²) < 4.78 is 47.8. The molecule has 0 aromatic carbocycles. The van der Waals surface area contributed by atoms with Crippen molar-refractivity contribution in [1.82, 2.24) is 4.98 Å². The number of hydrogen-bond acceptors (Lipinski definition) is 18. The van der Waals surface area contributed by atoms with E-state index in [4.69, 9.17) is 37.9 Å². The Morgan fingerprint density at radius 2 is 1.43 bits per heavy atom. The lowest BCUT2D eigenvalue weighted by molar-refractivity contribution is -0.386. The Morgan fingerprint density at radius 1 is 0.852 bits per heavy atom. The maximum absolute atomic E-state index is 14.1. The van der Waals surface area contributed by atoms with Crippen LogP contribution in [-0.4, -0.2) is 124 Å². The van der Waals surface area contributed by atoms with E-state index in [1.165, 1.54) is 32.2 Å². The van der Waals surface area contributed by atoms with E-state index in [-0.39, 0.29) is 11.3 Å². The van der Waals surface area contributed by atoms with Crippen molar-refractivity contribution in [2.75, 3.05) is 13.2 Å². The van der Waals surface area contributed by atoms with Crippen LogP contribution in [0.25, 0.3) is 0 Å². The normalized spacial score (nSPS) is 39.8. The van der Waals surface area contributed by atoms with Gasteiger partial charge in [-0.15, -0.1) is 0 Å². The van der Waals surface area contributed by atoms with Gasteiger partial charge in [0.05, 0.1) is 23.1 Å². The van der Waals surface area contributed by atoms with Crippen LogP contribution < -0.4 is 0 Å². The van der Waals surface area contributed by atoms with Gasteiger partial charge in [-0.05, 0) is 26.0 Å². The minimum absolute atomic E-state index is 0.0262. The average molecular weight is 764 g/mol. The summed E-state index contributed by atoms with van der Waals surface area (Å²) in [6.45, 7) is 8.79. The Hall–Kier alpha value is -4.68. The standard InChI is InChI=1S/C36H45NO17/c1-15-16(2)31(44)53-28-25(43)29(51-20(6)41)35(14-47-17(3)38)30(52-21(7)42)26(49-18(4)39)23-27(50-19(5)40)36(35,34(28,9)46)54-33(23,8)13-48-32(45)22-11-10-12-37-24(15)22/h10-12,15-16,23,25-30,43,46H,13-14H2,1-9H3/t15?,16?,23-,25+,26-,27-,28+,29+,30-,33+,34+,35+,36+/m1/s1. The van der Waals surface area contributed by atoms with Gasteiger partial charge in [0.25, 0.3) is 0 Å². The molecule has 3 heterocycles. The number of rotatable bonds is 6. The largest absolute Gasteiger partial charge is 0.465 e. The van der Waals surface area contributed by atoms with E-state index in [9.17, 15) is 43.8 Å². The third kappa shape index (κ3) is 6.17. The Morgan fingerprint density at radius 3 is 2.00 bits per heavy atom. The molecule has 2 unspecified atom stereocenters. The molecule has 5 rings (SSSR count). The van der Waals surface area contributed by atoms with Crippen LogP contribution >= 0.6 is 0 Å². The molecule has 2 aliphatic heterocycles. The molecule has 3 fully saturated rings. The number of hydrogen-bond donors (Lipinski definition) is 2. The minimum atomic E-state index is -2.78. The van der Waals surface area contributed by atoms with Crippen LogP contribution in [0.4, 0.5) is 0 Å². The van der Waals surface area contributed by atoms with Crippen LogP contribution in [0.2, 0.25) is 0 Å². The van der Waals surface area contributed by atoms with Gasteiger partial charge >= 0.3 is 41.8 Å². The average Bonchev–Trinajstić information content (AvgIpc) is 3.29. The van der Waals surface area contributed by atoms with Crippen LogP contribution in [0.15, 0.2) is 18.3 Å². The van der Waals surface area contributed by atoms with Gasteiger partial charge in [-0.2, -0.15) is 0 Å². The lowest BCUT2D eigenvalue weighted by Gasteiger charge is -2.67. The molecule has 18 heteroatoms. The number of aliphatic hydroxyl groups is 2. The first kappa shape index (κ1) is 40.5. The second-order valence-electron chi connectivity index (χ2n) is 14.7. The highest BCUT2D eigenvalue weighted by molar-refractivity contribution is 5.91. The highest BCUT2D eigenvalue weighted by Gasteiger charge is 2.91. The Labute approximate surface area is 310 Å². The monoisotopic (exact) mass is 763 g/mol. The Balaban J connectivity index is 1.96. The summed E-state index contributed by atoms with van der Waals surface area (Å²) in [6.07, 6.45) is -10.6. The SMILES string of the molecule is CC(=O)OC[C@]12[C@H](OC(C)=O)[C@H](OC(C)=O)[C@@H]3[C@@H](OC(C)=O)[C@@]14O[C@@]3(C)COC(=O)c1cccnc1C(C)C(C)C(=O)O[C@@H]([C@H](O)[C@@H]2OC(C)=O)[C@]4(C)O. The molecule has 296 valence electrons. The molecule has 2 aliphatic carbocycles. The third-order valence-electron chi connectivity index (χ3n) is 11.2. The van der Waals surface area contributed by atoms with Gasteiger partial charge in [0.15, 0.2) is 17.8 Å². The van der Waals surface area contributed by atoms with E-state index in [0.717, 1.165) is 41.5 Å². The highest BCUT2D eigenvalue weighted by Crippen LogP contribution is 2.70. The van der Waals surface area contributed by atoms with Crippen molar-refractivity contribution in [3.05, 3.63) is 29.6 Å². The molecular formula is C36H45NO17. The van der Waals surface area contributed by atoms with E-state index >= 15 is 0 Å². The number of carbonyl (C=O) groups is 7. The van der Waals surface area contributed by atoms with E-state index in [1.807, 2.05) is 0 Å². The second-order valence-corrected chi connectivity index (χ2v) is 14.7. The summed E-state index contributed by atoms with van der Waals surface area (Å²) in [5.74, 6) is -10.4. The van der Waals surface area contributed by atoms with Gasteiger partial charge in [-0.25, -0.2) is 4.79 Å². The molecule has 1 spiro atoms. The molecule has 0 radical (unpaired) electrons. The smallest absolute Gasteiger partial charge is 0.340 e. The summed E-state index contributed by atoms with van der Waals surface area (Å²) >= 11 is 0. The predicted molar refractivity (Wildman–Crippen MR) is 176 cm³/mol. The van der Waals surface area contributed by atoms with Crippen LogP contribution in [0.5, 0.6) is 0 Å². The number of ether oxygens (including phenoxy) is 8. The van der Waals surface area contributed by atoms with Crippen molar-refractivity contribution in [2.45, 2.75) is 122 Å². The number of nitrogens with zero attached hydrogens (tertiary/aromatic N) is 1. The highest BCUT2D eigenvalue weighted by atomic mass is 16.7. The molecule has 1 aromatic rings. The first-order valence-corrected chi connectivity index (χ1v) is 17.3. The quantitative estimate of drug-likeness (QED) is 0.295. The summed E-state index contributed by atoms with van der Waals surface area (Å²) in [7, 11) is 0. The Kier molecular flexibility index (Phi) is 10.6. The maximum Gasteiger partial charge on any atom is 0.340 e. The van der Waals surface area contributed by atoms with Gasteiger partial charge in [-0.1, -0.05) is 13.8 Å². The van der Waals surface area contributed by atoms with Crippen LogP contribution in [0.3, 0.4) is 0 Å². The van der Waals surface area contributed by atoms with Crippen LogP contribution in [0, 0.1) is 17.3 Å².